The minimum absolute atomic E-state index is 0.106. The first kappa shape index (κ1) is 36.1. The topological polar surface area (TPSA) is 28.1 Å². The van der Waals surface area contributed by atoms with Gasteiger partial charge in [0.1, 0.15) is 12.4 Å². The van der Waals surface area contributed by atoms with E-state index in [2.05, 4.69) is 126 Å². The van der Waals surface area contributed by atoms with Gasteiger partial charge in [-0.1, -0.05) is 91.8 Å². The summed E-state index contributed by atoms with van der Waals surface area (Å²) in [6.07, 6.45) is 4.43. The number of halogens is 3. The van der Waals surface area contributed by atoms with Crippen LogP contribution in [-0.4, -0.2) is 19.0 Å². The molecule has 0 aliphatic carbocycles. The van der Waals surface area contributed by atoms with E-state index in [1.54, 1.807) is 12.1 Å². The van der Waals surface area contributed by atoms with Gasteiger partial charge in [-0.3, -0.25) is 0 Å². The van der Waals surface area contributed by atoms with Crippen molar-refractivity contribution < 1.29 is 25.1 Å². The van der Waals surface area contributed by atoms with Gasteiger partial charge in [-0.2, -0.15) is 0 Å². The van der Waals surface area contributed by atoms with Gasteiger partial charge in [-0.25, -0.2) is 9.38 Å². The van der Waals surface area contributed by atoms with Gasteiger partial charge in [0.05, 0.1) is 6.54 Å². The van der Waals surface area contributed by atoms with Crippen LogP contribution >= 0.6 is 19.1 Å². The Bertz CT molecular complexity index is 1280. The molecule has 3 aromatic rings. The molecule has 44 heavy (non-hydrogen) atoms. The average Bonchev–Trinajstić information content (AvgIpc) is 3.70. The Morgan fingerprint density at radius 2 is 1.09 bits per heavy atom. The van der Waals surface area contributed by atoms with Crippen LogP contribution in [0.4, 0.5) is 15.8 Å². The summed E-state index contributed by atoms with van der Waals surface area (Å²) in [5, 5.41) is 0. The summed E-state index contributed by atoms with van der Waals surface area (Å²) in [7, 11) is 9.63. The van der Waals surface area contributed by atoms with Crippen LogP contribution in [0.5, 0.6) is 0 Å². The van der Waals surface area contributed by atoms with Crippen molar-refractivity contribution in [3.63, 3.8) is 0 Å². The van der Waals surface area contributed by atoms with Gasteiger partial charge in [0.25, 0.3) is 0 Å². The zero-order valence-electron chi connectivity index (χ0n) is 26.9. The van der Waals surface area contributed by atoms with Gasteiger partial charge < -0.3 is 14.5 Å². The molecule has 0 N–H and O–H groups in total. The van der Waals surface area contributed by atoms with Gasteiger partial charge in [0, 0.05) is 16.9 Å². The molecule has 0 spiro atoms. The van der Waals surface area contributed by atoms with Crippen molar-refractivity contribution in [1.82, 2.24) is 0 Å². The number of anilines is 2. The monoisotopic (exact) mass is 730 g/mol. The van der Waals surface area contributed by atoms with Crippen molar-refractivity contribution >= 4 is 36.3 Å². The van der Waals surface area contributed by atoms with Crippen molar-refractivity contribution in [3.8, 4) is 0 Å². The molecular formula is C36H45Cl2FN3OPd-. The maximum atomic E-state index is 12.5. The summed E-state index contributed by atoms with van der Waals surface area (Å²) in [4.78, 5) is 8.76. The number of benzene rings is 3. The average molecular weight is 732 g/mol. The Morgan fingerprint density at radius 1 is 0.705 bits per heavy atom. The number of rotatable bonds is 7. The quantitative estimate of drug-likeness (QED) is 0.179. The summed E-state index contributed by atoms with van der Waals surface area (Å²) in [6, 6.07) is 19.6. The van der Waals surface area contributed by atoms with E-state index >= 15 is 0 Å². The van der Waals surface area contributed by atoms with Crippen LogP contribution in [0.15, 0.2) is 78.1 Å². The van der Waals surface area contributed by atoms with E-state index in [-0.39, 0.29) is 21.8 Å². The number of aliphatic imine (C=N–C) groups is 1. The van der Waals surface area contributed by atoms with E-state index in [4.69, 9.17) is 23.8 Å². The molecule has 0 saturated heterocycles. The second-order valence-electron chi connectivity index (χ2n) is 12.0. The Kier molecular flexibility index (Phi) is 14.3. The van der Waals surface area contributed by atoms with Gasteiger partial charge >= 0.3 is 35.0 Å². The molecule has 0 radical (unpaired) electrons. The Balaban J connectivity index is 0.000000290. The zero-order chi connectivity index (χ0) is 32.4. The molecule has 0 unspecified atom stereocenters. The van der Waals surface area contributed by atoms with Crippen LogP contribution in [0, 0.1) is 12.5 Å². The van der Waals surface area contributed by atoms with E-state index in [1.807, 2.05) is 0 Å². The molecular weight excluding hydrogens is 687 g/mol. The van der Waals surface area contributed by atoms with Crippen LogP contribution in [0.2, 0.25) is 0 Å². The van der Waals surface area contributed by atoms with E-state index in [9.17, 15) is 4.39 Å². The molecule has 0 atom stereocenters. The van der Waals surface area contributed by atoms with Crippen molar-refractivity contribution in [2.75, 3.05) is 23.0 Å². The standard InChI is InChI=1S/C27H37N2.C9H8FNO.2ClH.Pd/c1-18(2)22-11-9-12-23(19(3)4)26(22)28-15-16-29(17-28)27-24(20(5)6)13-10-14-25(27)21(7)8;10-8-3-1-7(2-4-8)9-11-5-6-12-9;;;/h9-21H,1-8H3;1-4H,5-6H2;2*1H;/q-1;;;;+2/p-2. The number of para-hydroxylation sites is 2. The molecule has 0 saturated carbocycles. The second-order valence-corrected chi connectivity index (χ2v) is 14.4. The third kappa shape index (κ3) is 9.33. The van der Waals surface area contributed by atoms with Crippen LogP contribution < -0.4 is 9.80 Å². The summed E-state index contributed by atoms with van der Waals surface area (Å²) >= 11 is -0.106. The normalized spacial score (nSPS) is 14.2. The van der Waals surface area contributed by atoms with Crippen LogP contribution in [0.1, 0.15) is 107 Å². The molecule has 2 heterocycles. The van der Waals surface area contributed by atoms with Crippen molar-refractivity contribution in [2.45, 2.75) is 79.1 Å². The molecule has 2 aliphatic rings. The van der Waals surface area contributed by atoms with Gasteiger partial charge in [-0.15, -0.1) is 6.67 Å². The first-order chi connectivity index (χ1) is 21.0. The molecule has 0 amide bonds. The zero-order valence-corrected chi connectivity index (χ0v) is 30.0. The molecule has 0 fully saturated rings. The summed E-state index contributed by atoms with van der Waals surface area (Å²) in [5.74, 6) is 2.30. The first-order valence-electron chi connectivity index (χ1n) is 15.1. The SMILES string of the molecule is CC(C)c1cccc(C(C)C)c1N1C=CN(c2c(C(C)C)cccc2C(C)C)[CH-]1.Fc1ccc(C2=NCCO2)cc1.[Cl][Pd][Cl]. The Morgan fingerprint density at radius 3 is 1.41 bits per heavy atom. The van der Waals surface area contributed by atoms with Crippen molar-refractivity contribution in [3.05, 3.63) is 113 Å². The molecule has 5 rings (SSSR count). The van der Waals surface area contributed by atoms with Gasteiger partial charge in [0.2, 0.25) is 5.90 Å². The third-order valence-corrected chi connectivity index (χ3v) is 7.51. The van der Waals surface area contributed by atoms with Crippen LogP contribution in [0.25, 0.3) is 0 Å². The molecule has 0 bridgehead atoms. The van der Waals surface area contributed by atoms with E-state index in [0.717, 1.165) is 5.56 Å². The molecule has 8 heteroatoms. The van der Waals surface area contributed by atoms with Gasteiger partial charge in [-0.05, 0) is 82.6 Å². The molecule has 242 valence electrons. The fraction of sp³-hybridized carbons (Fsp3) is 0.389. The van der Waals surface area contributed by atoms with Crippen LogP contribution in [0.3, 0.4) is 0 Å². The number of ether oxygens (including phenoxy) is 1. The Hall–Kier alpha value is -2.36. The maximum absolute atomic E-state index is 12.5. The van der Waals surface area contributed by atoms with Crippen molar-refractivity contribution in [1.29, 1.82) is 0 Å². The third-order valence-electron chi connectivity index (χ3n) is 7.51. The van der Waals surface area contributed by atoms with E-state index < -0.39 is 0 Å². The van der Waals surface area contributed by atoms with Crippen molar-refractivity contribution in [2.24, 2.45) is 4.99 Å². The predicted octanol–water partition coefficient (Wildman–Crippen LogP) is 11.1. The number of nitrogens with zero attached hydrogens (tertiary/aromatic N) is 3. The van der Waals surface area contributed by atoms with Crippen LogP contribution in [-0.2, 0) is 20.7 Å². The molecule has 0 aromatic heterocycles. The Labute approximate surface area is 280 Å². The molecule has 2 aliphatic heterocycles. The van der Waals surface area contributed by atoms with Gasteiger partial charge in [0.15, 0.2) is 0 Å². The fourth-order valence-corrected chi connectivity index (χ4v) is 5.34. The minimum atomic E-state index is -0.239. The molecule has 3 aromatic carbocycles. The summed E-state index contributed by atoms with van der Waals surface area (Å²) < 4.78 is 17.7. The summed E-state index contributed by atoms with van der Waals surface area (Å²) in [5.41, 5.74) is 9.13. The first-order valence-corrected chi connectivity index (χ1v) is 19.1. The fourth-order valence-electron chi connectivity index (χ4n) is 5.34. The van der Waals surface area contributed by atoms with E-state index in [0.29, 0.717) is 42.7 Å². The van der Waals surface area contributed by atoms with E-state index in [1.165, 1.54) is 45.8 Å². The number of hydrogen-bond acceptors (Lipinski definition) is 4. The number of hydrogen-bond donors (Lipinski definition) is 0. The molecule has 4 nitrogen and oxygen atoms in total. The summed E-state index contributed by atoms with van der Waals surface area (Å²) in [6.45, 7) is 21.9. The predicted molar refractivity (Wildman–Crippen MR) is 183 cm³/mol. The second kappa shape index (κ2) is 17.4.